The number of rotatable bonds is 2. The number of pyridine rings is 1. The number of piperidine rings is 1. The number of hydrogen-bond acceptors (Lipinski definition) is 6. The van der Waals surface area contributed by atoms with Gasteiger partial charge in [0.15, 0.2) is 0 Å². The summed E-state index contributed by atoms with van der Waals surface area (Å²) in [6.45, 7) is 0.952. The second-order valence-corrected chi connectivity index (χ2v) is 6.28. The Labute approximate surface area is 142 Å². The predicted molar refractivity (Wildman–Crippen MR) is 86.4 cm³/mol. The zero-order valence-corrected chi connectivity index (χ0v) is 13.5. The predicted octanol–water partition coefficient (Wildman–Crippen LogP) is 1.95. The van der Waals surface area contributed by atoms with Crippen LogP contribution < -0.4 is 0 Å². The van der Waals surface area contributed by atoms with Gasteiger partial charge in [0, 0.05) is 31.3 Å². The molecule has 2 aliphatic rings. The number of aromatic nitrogens is 3. The molecule has 7 nitrogen and oxygen atoms in total. The van der Waals surface area contributed by atoms with E-state index in [4.69, 9.17) is 16.1 Å². The Kier molecular flexibility index (Phi) is 3.82. The number of hydrogen-bond donors (Lipinski definition) is 1. The van der Waals surface area contributed by atoms with Gasteiger partial charge in [-0.1, -0.05) is 28.9 Å². The first-order valence-electron chi connectivity index (χ1n) is 7.79. The van der Waals surface area contributed by atoms with Crippen LogP contribution in [0.4, 0.5) is 0 Å². The zero-order chi connectivity index (χ0) is 16.7. The number of aliphatic hydroxyl groups excluding tert-OH is 1. The fraction of sp³-hybridized carbons (Fsp3) is 0.375. The normalized spacial score (nSPS) is 17.3. The molecule has 2 aromatic rings. The summed E-state index contributed by atoms with van der Waals surface area (Å²) in [5.74, 6) is -0.157. The number of likely N-dealkylation sites (tertiary alicyclic amines) is 1. The van der Waals surface area contributed by atoms with E-state index in [0.717, 1.165) is 17.7 Å². The Balaban J connectivity index is 1.59. The number of fused-ring (bicyclic) bond motifs is 1. The van der Waals surface area contributed by atoms with Crippen LogP contribution in [0.3, 0.4) is 0 Å². The van der Waals surface area contributed by atoms with Crippen LogP contribution in [0.1, 0.15) is 34.8 Å². The summed E-state index contributed by atoms with van der Waals surface area (Å²) in [5.41, 5.74) is 2.31. The summed E-state index contributed by atoms with van der Waals surface area (Å²) >= 11 is 6.41. The van der Waals surface area contributed by atoms with Gasteiger partial charge >= 0.3 is 11.8 Å². The average molecular weight is 347 g/mol. The quantitative estimate of drug-likeness (QED) is 0.893. The van der Waals surface area contributed by atoms with Crippen LogP contribution in [0.15, 0.2) is 16.8 Å². The molecule has 0 atom stereocenters. The van der Waals surface area contributed by atoms with Crippen molar-refractivity contribution in [2.24, 2.45) is 0 Å². The molecule has 0 unspecified atom stereocenters. The number of allylic oxidation sites excluding steroid dienone is 1. The Hall–Kier alpha value is -2.25. The number of nitrogens with zero attached hydrogens (tertiary/aromatic N) is 4. The van der Waals surface area contributed by atoms with Crippen LogP contribution in [0, 0.1) is 0 Å². The van der Waals surface area contributed by atoms with E-state index >= 15 is 0 Å². The molecule has 0 spiro atoms. The van der Waals surface area contributed by atoms with E-state index < -0.39 is 0 Å². The van der Waals surface area contributed by atoms with Gasteiger partial charge in [0.1, 0.15) is 0 Å². The number of carbonyl (C=O) groups excluding carboxylic acids is 1. The SMILES string of the molecule is O=C(c1nc(-c2cnc3c(c2Cl)C=CC3)no1)N1CCC(O)CC1. The lowest BCUT2D eigenvalue weighted by Gasteiger charge is -2.28. The van der Waals surface area contributed by atoms with Crippen molar-refractivity contribution in [2.45, 2.75) is 25.4 Å². The first kappa shape index (κ1) is 15.3. The molecule has 4 rings (SSSR count). The van der Waals surface area contributed by atoms with Crippen LogP contribution in [0.5, 0.6) is 0 Å². The molecular weight excluding hydrogens is 332 g/mol. The van der Waals surface area contributed by atoms with Crippen molar-refractivity contribution in [1.29, 1.82) is 0 Å². The van der Waals surface area contributed by atoms with E-state index in [2.05, 4.69) is 15.1 Å². The smallest absolute Gasteiger partial charge is 0.316 e. The monoisotopic (exact) mass is 346 g/mol. The fourth-order valence-corrected chi connectivity index (χ4v) is 3.25. The highest BCUT2D eigenvalue weighted by molar-refractivity contribution is 6.34. The molecule has 3 heterocycles. The minimum absolute atomic E-state index is 0.0755. The topological polar surface area (TPSA) is 92.3 Å². The molecule has 1 aliphatic heterocycles. The molecule has 24 heavy (non-hydrogen) atoms. The van der Waals surface area contributed by atoms with Crippen molar-refractivity contribution in [3.63, 3.8) is 0 Å². The Morgan fingerprint density at radius 2 is 2.17 bits per heavy atom. The van der Waals surface area contributed by atoms with E-state index in [-0.39, 0.29) is 23.7 Å². The maximum absolute atomic E-state index is 12.4. The molecule has 1 fully saturated rings. The average Bonchev–Trinajstić information content (AvgIpc) is 3.25. The van der Waals surface area contributed by atoms with Crippen molar-refractivity contribution in [1.82, 2.24) is 20.0 Å². The third kappa shape index (κ3) is 2.59. The Morgan fingerprint density at radius 1 is 1.38 bits per heavy atom. The van der Waals surface area contributed by atoms with Crippen LogP contribution in [-0.2, 0) is 6.42 Å². The minimum Gasteiger partial charge on any atom is -0.393 e. The van der Waals surface area contributed by atoms with Crippen LogP contribution in [-0.4, -0.2) is 50.2 Å². The van der Waals surface area contributed by atoms with Crippen molar-refractivity contribution in [2.75, 3.05) is 13.1 Å². The minimum atomic E-state index is -0.350. The lowest BCUT2D eigenvalue weighted by atomic mass is 10.1. The summed E-state index contributed by atoms with van der Waals surface area (Å²) in [6, 6.07) is 0. The first-order valence-corrected chi connectivity index (χ1v) is 8.16. The highest BCUT2D eigenvalue weighted by Gasteiger charge is 2.27. The molecule has 1 amide bonds. The first-order chi connectivity index (χ1) is 11.6. The third-order valence-corrected chi connectivity index (χ3v) is 4.74. The largest absolute Gasteiger partial charge is 0.393 e. The van der Waals surface area contributed by atoms with Gasteiger partial charge in [-0.25, -0.2) is 0 Å². The molecule has 0 aromatic carbocycles. The molecule has 1 N–H and O–H groups in total. The van der Waals surface area contributed by atoms with Gasteiger partial charge < -0.3 is 14.5 Å². The molecule has 1 aliphatic carbocycles. The number of aliphatic hydroxyl groups is 1. The van der Waals surface area contributed by atoms with Crippen molar-refractivity contribution in [3.8, 4) is 11.4 Å². The highest BCUT2D eigenvalue weighted by Crippen LogP contribution is 2.33. The van der Waals surface area contributed by atoms with Crippen molar-refractivity contribution in [3.05, 3.63) is 34.4 Å². The molecule has 1 saturated heterocycles. The van der Waals surface area contributed by atoms with Gasteiger partial charge in [0.25, 0.3) is 0 Å². The van der Waals surface area contributed by atoms with Gasteiger partial charge in [-0.3, -0.25) is 9.78 Å². The van der Waals surface area contributed by atoms with E-state index in [1.54, 1.807) is 11.1 Å². The van der Waals surface area contributed by atoms with Crippen LogP contribution >= 0.6 is 11.6 Å². The second kappa shape index (κ2) is 5.99. The maximum atomic E-state index is 12.4. The maximum Gasteiger partial charge on any atom is 0.316 e. The van der Waals surface area contributed by atoms with Crippen molar-refractivity contribution < 1.29 is 14.4 Å². The Morgan fingerprint density at radius 3 is 2.96 bits per heavy atom. The van der Waals surface area contributed by atoms with Gasteiger partial charge in [-0.15, -0.1) is 0 Å². The lowest BCUT2D eigenvalue weighted by Crippen LogP contribution is -2.40. The summed E-state index contributed by atoms with van der Waals surface area (Å²) in [5, 5.41) is 13.9. The van der Waals surface area contributed by atoms with E-state index in [9.17, 15) is 9.90 Å². The highest BCUT2D eigenvalue weighted by atomic mass is 35.5. The van der Waals surface area contributed by atoms with Gasteiger partial charge in [0.05, 0.1) is 22.4 Å². The summed E-state index contributed by atoms with van der Waals surface area (Å²) in [6.07, 6.45) is 7.02. The molecule has 2 aromatic heterocycles. The number of carbonyl (C=O) groups is 1. The van der Waals surface area contributed by atoms with Crippen LogP contribution in [0.25, 0.3) is 17.5 Å². The van der Waals surface area contributed by atoms with Crippen LogP contribution in [0.2, 0.25) is 5.02 Å². The molecule has 0 bridgehead atoms. The zero-order valence-electron chi connectivity index (χ0n) is 12.8. The summed E-state index contributed by atoms with van der Waals surface area (Å²) in [7, 11) is 0. The molecular formula is C16H15ClN4O3. The van der Waals surface area contributed by atoms with E-state index in [0.29, 0.717) is 36.5 Å². The van der Waals surface area contributed by atoms with Gasteiger partial charge in [-0.05, 0) is 12.8 Å². The third-order valence-electron chi connectivity index (χ3n) is 4.33. The second-order valence-electron chi connectivity index (χ2n) is 5.90. The van der Waals surface area contributed by atoms with E-state index in [1.807, 2.05) is 12.2 Å². The standard InChI is InChI=1S/C16H15ClN4O3/c17-13-10-2-1-3-12(10)18-8-11(13)14-19-15(24-20-14)16(23)21-6-4-9(22)5-7-21/h1-2,8-9,22H,3-7H2. The van der Waals surface area contributed by atoms with Gasteiger partial charge in [0.2, 0.25) is 5.82 Å². The van der Waals surface area contributed by atoms with E-state index in [1.165, 1.54) is 0 Å². The number of amides is 1. The molecule has 124 valence electrons. The Bertz CT molecular complexity index is 825. The molecule has 0 radical (unpaired) electrons. The lowest BCUT2D eigenvalue weighted by molar-refractivity contribution is 0.0505. The fourth-order valence-electron chi connectivity index (χ4n) is 2.94. The summed E-state index contributed by atoms with van der Waals surface area (Å²) < 4.78 is 5.12. The van der Waals surface area contributed by atoms with Gasteiger partial charge in [-0.2, -0.15) is 4.98 Å². The number of halogens is 1. The molecule has 0 saturated carbocycles. The van der Waals surface area contributed by atoms with Crippen molar-refractivity contribution >= 4 is 23.6 Å². The summed E-state index contributed by atoms with van der Waals surface area (Å²) in [4.78, 5) is 22.6. The molecule has 8 heteroatoms.